The predicted octanol–water partition coefficient (Wildman–Crippen LogP) is 2.06. The van der Waals surface area contributed by atoms with Crippen LogP contribution >= 0.6 is 0 Å². The van der Waals surface area contributed by atoms with Gasteiger partial charge in [-0.05, 0) is 35.7 Å². The lowest BCUT2D eigenvalue weighted by molar-refractivity contribution is -0.137. The predicted molar refractivity (Wildman–Crippen MR) is 141 cm³/mol. The summed E-state index contributed by atoms with van der Waals surface area (Å²) in [4.78, 5) is 32.7. The van der Waals surface area contributed by atoms with Crippen LogP contribution in [0.3, 0.4) is 0 Å². The number of hydrogen-bond acceptors (Lipinski definition) is 7. The van der Waals surface area contributed by atoms with Crippen molar-refractivity contribution >= 4 is 23.3 Å². The van der Waals surface area contributed by atoms with Gasteiger partial charge in [0.05, 0.1) is 36.8 Å². The van der Waals surface area contributed by atoms with Crippen LogP contribution < -0.4 is 10.7 Å². The normalized spacial score (nSPS) is 15.6. The summed E-state index contributed by atoms with van der Waals surface area (Å²) in [5.41, 5.74) is 6.96. The summed E-state index contributed by atoms with van der Waals surface area (Å²) in [5, 5.41) is 18.3. The van der Waals surface area contributed by atoms with E-state index >= 15 is 0 Å². The van der Waals surface area contributed by atoms with E-state index in [9.17, 15) is 14.9 Å². The number of carbonyl (C=O) groups excluding carboxylic acids is 2. The fourth-order valence-electron chi connectivity index (χ4n) is 4.27. The summed E-state index contributed by atoms with van der Waals surface area (Å²) < 4.78 is 1.72. The third-order valence-corrected chi connectivity index (χ3v) is 5.98. The molecule has 4 rings (SSSR count). The van der Waals surface area contributed by atoms with Crippen molar-refractivity contribution < 1.29 is 9.59 Å². The quantitative estimate of drug-likeness (QED) is 0.482. The number of hydrogen-bond donors (Lipinski definition) is 2. The van der Waals surface area contributed by atoms with Crippen LogP contribution in [0.4, 0.5) is 5.69 Å². The summed E-state index contributed by atoms with van der Waals surface area (Å²) in [7, 11) is 5.52. The Hall–Kier alpha value is -4.49. The van der Waals surface area contributed by atoms with Crippen molar-refractivity contribution in [1.82, 2.24) is 25.1 Å². The zero-order chi connectivity index (χ0) is 26.4. The Bertz CT molecular complexity index is 1350. The van der Waals surface area contributed by atoms with Crippen LogP contribution in [0, 0.1) is 17.2 Å². The summed E-state index contributed by atoms with van der Waals surface area (Å²) in [6, 6.07) is 16.9. The Morgan fingerprint density at radius 1 is 1.19 bits per heavy atom. The molecule has 37 heavy (non-hydrogen) atoms. The Labute approximate surface area is 216 Å². The smallest absolute Gasteiger partial charge is 0.244 e. The van der Waals surface area contributed by atoms with Crippen LogP contribution in [0.2, 0.25) is 0 Å². The fourth-order valence-corrected chi connectivity index (χ4v) is 4.27. The Kier molecular flexibility index (Phi) is 7.95. The Morgan fingerprint density at radius 3 is 2.73 bits per heavy atom. The van der Waals surface area contributed by atoms with Gasteiger partial charge in [0, 0.05) is 38.6 Å². The number of anilines is 1. The number of hydrazine groups is 1. The molecule has 3 aromatic rings. The van der Waals surface area contributed by atoms with Crippen LogP contribution in [0.25, 0.3) is 11.1 Å². The minimum Gasteiger partial charge on any atom is -0.326 e. The molecule has 0 bridgehead atoms. The first-order chi connectivity index (χ1) is 17.8. The van der Waals surface area contributed by atoms with Gasteiger partial charge in [0.25, 0.3) is 0 Å². The second-order valence-corrected chi connectivity index (χ2v) is 9.19. The molecule has 1 unspecified atom stereocenters. The highest BCUT2D eigenvalue weighted by molar-refractivity contribution is 5.97. The van der Waals surface area contributed by atoms with Gasteiger partial charge < -0.3 is 15.6 Å². The highest BCUT2D eigenvalue weighted by Gasteiger charge is 2.30. The molecule has 0 aliphatic carbocycles. The van der Waals surface area contributed by atoms with Crippen LogP contribution in [0.15, 0.2) is 65.9 Å². The van der Waals surface area contributed by atoms with Gasteiger partial charge >= 0.3 is 0 Å². The molecule has 0 saturated carbocycles. The van der Waals surface area contributed by atoms with Gasteiger partial charge in [0.2, 0.25) is 11.8 Å². The minimum atomic E-state index is -0.488. The third kappa shape index (κ3) is 6.59. The molecule has 0 radical (unpaired) electrons. The summed E-state index contributed by atoms with van der Waals surface area (Å²) in [6.07, 6.45) is 4.03. The number of nitriles is 1. The third-order valence-electron chi connectivity index (χ3n) is 5.98. The molecule has 2 aromatic carbocycles. The van der Waals surface area contributed by atoms with Crippen molar-refractivity contribution in [2.75, 3.05) is 39.0 Å². The molecule has 190 valence electrons. The lowest BCUT2D eigenvalue weighted by atomic mass is 9.95. The average Bonchev–Trinajstić information content (AvgIpc) is 3.26. The van der Waals surface area contributed by atoms with E-state index in [0.29, 0.717) is 23.5 Å². The number of aryl methyl sites for hydroxylation is 1. The van der Waals surface area contributed by atoms with E-state index in [-0.39, 0.29) is 31.4 Å². The number of amidine groups is 1. The first kappa shape index (κ1) is 25.6. The second kappa shape index (κ2) is 11.5. The van der Waals surface area contributed by atoms with Crippen LogP contribution in [0.1, 0.15) is 11.1 Å². The van der Waals surface area contributed by atoms with Crippen molar-refractivity contribution in [1.29, 1.82) is 5.26 Å². The molecule has 2 amide bonds. The molecule has 1 aliphatic heterocycles. The van der Waals surface area contributed by atoms with Crippen LogP contribution in [0.5, 0.6) is 0 Å². The van der Waals surface area contributed by atoms with E-state index in [0.717, 1.165) is 16.7 Å². The first-order valence-corrected chi connectivity index (χ1v) is 12.0. The highest BCUT2D eigenvalue weighted by atomic mass is 16.2. The van der Waals surface area contributed by atoms with Gasteiger partial charge in [-0.25, -0.2) is 5.01 Å². The maximum absolute atomic E-state index is 13.5. The van der Waals surface area contributed by atoms with Gasteiger partial charge in [-0.15, -0.1) is 0 Å². The molecule has 2 heterocycles. The number of rotatable bonds is 7. The minimum absolute atomic E-state index is 0.125. The standard InChI is InChI=1S/C27H30N8O2/c1-33(2)32-25-17-35(27(37)22(14-29-25)11-19-7-4-5-8-21(19)13-28)18-26(36)31-24-10-6-9-20(12-24)23-15-30-34(3)16-23/h4-10,12,15-16,22H,11,14,17-18H2,1-3H3,(H,29,32)(H,31,36). The average molecular weight is 499 g/mol. The monoisotopic (exact) mass is 498 g/mol. The van der Waals surface area contributed by atoms with Crippen molar-refractivity contribution in [3.05, 3.63) is 72.1 Å². The molecule has 0 fully saturated rings. The van der Waals surface area contributed by atoms with E-state index in [1.54, 1.807) is 28.0 Å². The number of nitrogens with zero attached hydrogens (tertiary/aromatic N) is 6. The maximum atomic E-state index is 13.5. The van der Waals surface area contributed by atoms with Gasteiger partial charge in [-0.3, -0.25) is 19.3 Å². The van der Waals surface area contributed by atoms with Crippen molar-refractivity contribution in [2.45, 2.75) is 6.42 Å². The molecule has 0 spiro atoms. The molecule has 10 nitrogen and oxygen atoms in total. The van der Waals surface area contributed by atoms with Crippen molar-refractivity contribution in [3.63, 3.8) is 0 Å². The molecule has 1 atom stereocenters. The molecule has 1 aromatic heterocycles. The zero-order valence-electron chi connectivity index (χ0n) is 21.2. The number of amides is 2. The molecule has 1 aliphatic rings. The Morgan fingerprint density at radius 2 is 2.00 bits per heavy atom. The first-order valence-electron chi connectivity index (χ1n) is 12.0. The van der Waals surface area contributed by atoms with E-state index in [1.165, 1.54) is 4.90 Å². The largest absolute Gasteiger partial charge is 0.326 e. The number of benzene rings is 2. The maximum Gasteiger partial charge on any atom is 0.244 e. The van der Waals surface area contributed by atoms with E-state index in [2.05, 4.69) is 26.9 Å². The van der Waals surface area contributed by atoms with Crippen LogP contribution in [-0.2, 0) is 23.1 Å². The van der Waals surface area contributed by atoms with E-state index in [1.807, 2.05) is 63.7 Å². The van der Waals surface area contributed by atoms with Crippen molar-refractivity contribution in [2.24, 2.45) is 18.0 Å². The summed E-state index contributed by atoms with van der Waals surface area (Å²) in [6.45, 7) is 0.317. The van der Waals surface area contributed by atoms with E-state index in [4.69, 9.17) is 0 Å². The van der Waals surface area contributed by atoms with Gasteiger partial charge in [-0.1, -0.05) is 30.3 Å². The number of carbonyl (C=O) groups is 2. The lowest BCUT2D eigenvalue weighted by Crippen LogP contribution is -2.47. The molecule has 2 N–H and O–H groups in total. The molecule has 0 saturated heterocycles. The topological polar surface area (TPSA) is 119 Å². The molecule has 10 heteroatoms. The number of aliphatic imine (C=N–C) groups is 1. The SMILES string of the molecule is CN(C)NC1=NCC(Cc2ccccc2C#N)C(=O)N(CC(=O)Nc2cccc(-c3cnn(C)c3)c2)C1. The highest BCUT2D eigenvalue weighted by Crippen LogP contribution is 2.22. The Balaban J connectivity index is 1.50. The van der Waals surface area contributed by atoms with Gasteiger partial charge in [0.1, 0.15) is 12.4 Å². The molecular weight excluding hydrogens is 468 g/mol. The van der Waals surface area contributed by atoms with Gasteiger partial charge in [0.15, 0.2) is 0 Å². The summed E-state index contributed by atoms with van der Waals surface area (Å²) >= 11 is 0. The zero-order valence-corrected chi connectivity index (χ0v) is 21.2. The van der Waals surface area contributed by atoms with Crippen LogP contribution in [-0.4, -0.2) is 71.1 Å². The molecular formula is C27H30N8O2. The lowest BCUT2D eigenvalue weighted by Gasteiger charge is -2.25. The second-order valence-electron chi connectivity index (χ2n) is 9.19. The van der Waals surface area contributed by atoms with Crippen molar-refractivity contribution in [3.8, 4) is 17.2 Å². The fraction of sp³-hybridized carbons (Fsp3) is 0.296. The van der Waals surface area contributed by atoms with Gasteiger partial charge in [-0.2, -0.15) is 10.4 Å². The number of nitrogens with one attached hydrogen (secondary N) is 2. The van der Waals surface area contributed by atoms with E-state index < -0.39 is 5.92 Å². The number of aromatic nitrogens is 2. The summed E-state index contributed by atoms with van der Waals surface area (Å²) in [5.74, 6) is -0.372.